The number of aliphatic hydroxyl groups excluding tert-OH is 1. The first-order valence-corrected chi connectivity index (χ1v) is 6.48. The third kappa shape index (κ3) is 2.00. The number of nitrogens with one attached hydrogen (secondary N) is 1. The van der Waals surface area contributed by atoms with Crippen LogP contribution in [-0.4, -0.2) is 32.0 Å². The van der Waals surface area contributed by atoms with Gasteiger partial charge in [0.15, 0.2) is 5.82 Å². The highest BCUT2D eigenvalue weighted by Crippen LogP contribution is 2.42. The van der Waals surface area contributed by atoms with E-state index in [0.717, 1.165) is 17.9 Å². The van der Waals surface area contributed by atoms with E-state index in [1.807, 2.05) is 24.4 Å². The molecule has 1 fully saturated rings. The minimum Gasteiger partial charge on any atom is -0.392 e. The van der Waals surface area contributed by atoms with Crippen LogP contribution in [0.25, 0.3) is 5.82 Å². The molecule has 0 aliphatic heterocycles. The first-order chi connectivity index (χ1) is 9.09. The zero-order chi connectivity index (χ0) is 13.5. The van der Waals surface area contributed by atoms with E-state index in [4.69, 9.17) is 0 Å². The van der Waals surface area contributed by atoms with Crippen molar-refractivity contribution in [3.05, 3.63) is 36.8 Å². The molecule has 2 atom stereocenters. The average Bonchev–Trinajstić information content (AvgIpc) is 2.93. The Balaban J connectivity index is 1.87. The van der Waals surface area contributed by atoms with Gasteiger partial charge in [-0.15, -0.1) is 0 Å². The minimum atomic E-state index is -0.241. The topological polar surface area (TPSA) is 63.0 Å². The van der Waals surface area contributed by atoms with Crippen molar-refractivity contribution in [3.63, 3.8) is 0 Å². The Labute approximate surface area is 112 Å². The van der Waals surface area contributed by atoms with Gasteiger partial charge in [0.2, 0.25) is 0 Å². The Kier molecular flexibility index (Phi) is 2.78. The largest absolute Gasteiger partial charge is 0.392 e. The van der Waals surface area contributed by atoms with Gasteiger partial charge in [0, 0.05) is 30.0 Å². The van der Waals surface area contributed by atoms with Gasteiger partial charge in [-0.3, -0.25) is 0 Å². The third-order valence-corrected chi connectivity index (χ3v) is 4.05. The first kappa shape index (κ1) is 12.2. The van der Waals surface area contributed by atoms with Gasteiger partial charge in [-0.05, 0) is 24.6 Å². The van der Waals surface area contributed by atoms with Gasteiger partial charge >= 0.3 is 0 Å². The summed E-state index contributed by atoms with van der Waals surface area (Å²) in [7, 11) is 0. The molecule has 1 saturated carbocycles. The summed E-state index contributed by atoms with van der Waals surface area (Å²) in [4.78, 5) is 4.37. The molecule has 0 amide bonds. The molecule has 0 bridgehead atoms. The predicted octanol–water partition coefficient (Wildman–Crippen LogP) is 1.84. The van der Waals surface area contributed by atoms with E-state index in [1.54, 1.807) is 17.1 Å². The Morgan fingerprint density at radius 1 is 1.37 bits per heavy atom. The Hall–Kier alpha value is -1.88. The van der Waals surface area contributed by atoms with Crippen LogP contribution < -0.4 is 5.32 Å². The zero-order valence-corrected chi connectivity index (χ0v) is 11.1. The maximum atomic E-state index is 9.80. The highest BCUT2D eigenvalue weighted by molar-refractivity contribution is 5.57. The Bertz CT molecular complexity index is 565. The van der Waals surface area contributed by atoms with Crippen LogP contribution in [0.2, 0.25) is 0 Å². The van der Waals surface area contributed by atoms with Crippen LogP contribution >= 0.6 is 0 Å². The summed E-state index contributed by atoms with van der Waals surface area (Å²) in [6.07, 6.45) is 5.88. The summed E-state index contributed by atoms with van der Waals surface area (Å²) in [5, 5.41) is 17.5. The molecule has 2 aromatic heterocycles. The van der Waals surface area contributed by atoms with Crippen molar-refractivity contribution < 1.29 is 5.11 Å². The van der Waals surface area contributed by atoms with Gasteiger partial charge < -0.3 is 10.4 Å². The van der Waals surface area contributed by atoms with E-state index in [9.17, 15) is 5.11 Å². The molecule has 0 spiro atoms. The van der Waals surface area contributed by atoms with Crippen molar-refractivity contribution >= 4 is 5.69 Å². The van der Waals surface area contributed by atoms with Crippen molar-refractivity contribution in [3.8, 4) is 5.82 Å². The molecule has 3 rings (SSSR count). The lowest BCUT2D eigenvalue weighted by atomic mass is 9.64. The number of rotatable bonds is 3. The lowest BCUT2D eigenvalue weighted by molar-refractivity contribution is -0.0510. The lowest BCUT2D eigenvalue weighted by Crippen LogP contribution is -2.57. The molecule has 1 aliphatic carbocycles. The fraction of sp³-hybridized carbons (Fsp3) is 0.429. The van der Waals surface area contributed by atoms with Crippen LogP contribution in [0.3, 0.4) is 0 Å². The monoisotopic (exact) mass is 258 g/mol. The fourth-order valence-corrected chi connectivity index (χ4v) is 2.42. The van der Waals surface area contributed by atoms with E-state index in [2.05, 4.69) is 29.2 Å². The van der Waals surface area contributed by atoms with Crippen molar-refractivity contribution in [1.29, 1.82) is 0 Å². The van der Waals surface area contributed by atoms with E-state index in [0.29, 0.717) is 0 Å². The molecule has 100 valence electrons. The van der Waals surface area contributed by atoms with Gasteiger partial charge in [-0.1, -0.05) is 13.8 Å². The molecular formula is C14H18N4O. The molecule has 0 saturated heterocycles. The van der Waals surface area contributed by atoms with Gasteiger partial charge in [-0.25, -0.2) is 9.67 Å². The van der Waals surface area contributed by atoms with Gasteiger partial charge in [0.1, 0.15) is 0 Å². The summed E-state index contributed by atoms with van der Waals surface area (Å²) < 4.78 is 1.74. The summed E-state index contributed by atoms with van der Waals surface area (Å²) in [5.41, 5.74) is 0.827. The van der Waals surface area contributed by atoms with E-state index < -0.39 is 0 Å². The smallest absolute Gasteiger partial charge is 0.176 e. The minimum absolute atomic E-state index is 0.114. The van der Waals surface area contributed by atoms with E-state index in [1.165, 1.54) is 0 Å². The average molecular weight is 258 g/mol. The maximum absolute atomic E-state index is 9.80. The van der Waals surface area contributed by atoms with Gasteiger partial charge in [0.25, 0.3) is 0 Å². The van der Waals surface area contributed by atoms with E-state index in [-0.39, 0.29) is 17.6 Å². The van der Waals surface area contributed by atoms with Gasteiger partial charge in [-0.2, -0.15) is 5.10 Å². The molecule has 2 aromatic rings. The summed E-state index contributed by atoms with van der Waals surface area (Å²) in [6.45, 7) is 4.14. The fourth-order valence-electron chi connectivity index (χ4n) is 2.42. The Morgan fingerprint density at radius 3 is 2.84 bits per heavy atom. The number of pyridine rings is 1. The number of hydrogen-bond donors (Lipinski definition) is 2. The van der Waals surface area contributed by atoms with Crippen molar-refractivity contribution in [1.82, 2.24) is 14.8 Å². The molecule has 0 aromatic carbocycles. The molecular weight excluding hydrogens is 240 g/mol. The number of nitrogens with zero attached hydrogens (tertiary/aromatic N) is 3. The normalized spacial score (nSPS) is 24.8. The number of hydrogen-bond acceptors (Lipinski definition) is 4. The zero-order valence-electron chi connectivity index (χ0n) is 11.1. The van der Waals surface area contributed by atoms with Crippen LogP contribution in [0.4, 0.5) is 5.69 Å². The molecule has 5 heteroatoms. The molecule has 2 unspecified atom stereocenters. The van der Waals surface area contributed by atoms with Crippen molar-refractivity contribution in [2.45, 2.75) is 32.4 Å². The number of aromatic nitrogens is 3. The summed E-state index contributed by atoms with van der Waals surface area (Å²) >= 11 is 0. The van der Waals surface area contributed by atoms with Crippen molar-refractivity contribution in [2.24, 2.45) is 5.41 Å². The molecule has 19 heavy (non-hydrogen) atoms. The third-order valence-electron chi connectivity index (χ3n) is 4.05. The molecule has 2 N–H and O–H groups in total. The Morgan fingerprint density at radius 2 is 2.21 bits per heavy atom. The number of aliphatic hydroxyl groups is 1. The first-order valence-electron chi connectivity index (χ1n) is 6.48. The van der Waals surface area contributed by atoms with E-state index >= 15 is 0 Å². The predicted molar refractivity (Wildman–Crippen MR) is 73.2 cm³/mol. The van der Waals surface area contributed by atoms with Crippen molar-refractivity contribution in [2.75, 3.05) is 5.32 Å². The highest BCUT2D eigenvalue weighted by Gasteiger charge is 2.47. The number of anilines is 1. The van der Waals surface area contributed by atoms with Crippen LogP contribution in [0.15, 0.2) is 36.8 Å². The second-order valence-corrected chi connectivity index (χ2v) is 5.59. The SMILES string of the molecule is CC1(C)C(O)CC1Nc1cccnc1-n1cccn1. The molecule has 2 heterocycles. The second-order valence-electron chi connectivity index (χ2n) is 5.59. The van der Waals surface area contributed by atoms with Crippen LogP contribution in [0.5, 0.6) is 0 Å². The molecule has 1 aliphatic rings. The molecule has 0 radical (unpaired) electrons. The summed E-state index contributed by atoms with van der Waals surface area (Å²) in [5.74, 6) is 0.782. The van der Waals surface area contributed by atoms with Crippen LogP contribution in [-0.2, 0) is 0 Å². The van der Waals surface area contributed by atoms with Crippen LogP contribution in [0.1, 0.15) is 20.3 Å². The quantitative estimate of drug-likeness (QED) is 0.881. The van der Waals surface area contributed by atoms with Crippen LogP contribution in [0, 0.1) is 5.41 Å². The van der Waals surface area contributed by atoms with Gasteiger partial charge in [0.05, 0.1) is 11.8 Å². The maximum Gasteiger partial charge on any atom is 0.176 e. The highest BCUT2D eigenvalue weighted by atomic mass is 16.3. The second kappa shape index (κ2) is 4.35. The lowest BCUT2D eigenvalue weighted by Gasteiger charge is -2.49. The summed E-state index contributed by atoms with van der Waals surface area (Å²) in [6, 6.07) is 6.01. The standard InChI is InChI=1S/C14H18N4O/c1-14(2)11(9-12(14)19)17-10-5-3-6-15-13(10)18-8-4-7-16-18/h3-8,11-12,17,19H,9H2,1-2H3. The molecule has 5 nitrogen and oxygen atoms in total.